The Morgan fingerprint density at radius 3 is 2.72 bits per heavy atom. The number of nitrogens with one attached hydrogen (secondary N) is 1. The van der Waals surface area contributed by atoms with Gasteiger partial charge < -0.3 is 10.4 Å². The van der Waals surface area contributed by atoms with E-state index in [1.807, 2.05) is 6.92 Å². The van der Waals surface area contributed by atoms with Crippen molar-refractivity contribution < 1.29 is 14.7 Å². The van der Waals surface area contributed by atoms with Crippen LogP contribution in [0.5, 0.6) is 0 Å². The van der Waals surface area contributed by atoms with E-state index in [9.17, 15) is 9.59 Å². The van der Waals surface area contributed by atoms with Crippen molar-refractivity contribution in [3.63, 3.8) is 0 Å². The van der Waals surface area contributed by atoms with E-state index in [0.717, 1.165) is 24.1 Å². The second-order valence-electron chi connectivity index (χ2n) is 4.33. The van der Waals surface area contributed by atoms with Gasteiger partial charge in [-0.25, -0.2) is 4.79 Å². The molecule has 1 rings (SSSR count). The van der Waals surface area contributed by atoms with Crippen molar-refractivity contribution in [1.29, 1.82) is 0 Å². The fraction of sp³-hybridized carbons (Fsp3) is 0.538. The van der Waals surface area contributed by atoms with Crippen LogP contribution in [0.4, 0.5) is 0 Å². The lowest BCUT2D eigenvalue weighted by Gasteiger charge is -2.10. The lowest BCUT2D eigenvalue weighted by atomic mass is 10.0. The van der Waals surface area contributed by atoms with Crippen LogP contribution in [0.25, 0.3) is 0 Å². The number of carbonyl (C=O) groups excluding carboxylic acids is 1. The van der Waals surface area contributed by atoms with Gasteiger partial charge in [0.2, 0.25) is 5.91 Å². The fourth-order valence-electron chi connectivity index (χ4n) is 1.58. The molecule has 0 saturated carbocycles. The number of hydrogen-bond donors (Lipinski definition) is 2. The summed E-state index contributed by atoms with van der Waals surface area (Å²) in [5.74, 6) is -0.869. The lowest BCUT2D eigenvalue weighted by molar-refractivity contribution is -0.124. The van der Waals surface area contributed by atoms with E-state index in [0.29, 0.717) is 11.4 Å². The Labute approximate surface area is 111 Å². The van der Waals surface area contributed by atoms with Gasteiger partial charge in [0.1, 0.15) is 4.88 Å². The normalized spacial score (nSPS) is 12.1. The predicted molar refractivity (Wildman–Crippen MR) is 71.8 cm³/mol. The Bertz CT molecular complexity index is 414. The average molecular weight is 269 g/mol. The number of aromatic carboxylic acids is 1. The van der Waals surface area contributed by atoms with E-state index < -0.39 is 5.97 Å². The second-order valence-corrected chi connectivity index (χ2v) is 5.50. The van der Waals surface area contributed by atoms with Gasteiger partial charge in [0.15, 0.2) is 0 Å². The van der Waals surface area contributed by atoms with Gasteiger partial charge >= 0.3 is 5.97 Å². The number of carboxylic acid groups (broad SMARTS) is 1. The molecule has 0 aromatic carbocycles. The number of thiophene rings is 1. The predicted octanol–water partition coefficient (Wildman–Crippen LogP) is 2.89. The van der Waals surface area contributed by atoms with Gasteiger partial charge in [-0.15, -0.1) is 11.3 Å². The minimum absolute atomic E-state index is 0.0175. The van der Waals surface area contributed by atoms with E-state index in [1.165, 1.54) is 11.3 Å². The first-order valence-corrected chi connectivity index (χ1v) is 6.96. The number of hydrogen-bond acceptors (Lipinski definition) is 3. The SMILES string of the molecule is CCCCC(C)C(=O)NCc1ccc(C(=O)O)s1. The minimum atomic E-state index is -0.922. The van der Waals surface area contributed by atoms with E-state index in [-0.39, 0.29) is 11.8 Å². The molecule has 0 fully saturated rings. The first-order chi connectivity index (χ1) is 8.54. The number of amides is 1. The molecule has 18 heavy (non-hydrogen) atoms. The van der Waals surface area contributed by atoms with Gasteiger partial charge in [-0.3, -0.25) is 4.79 Å². The Balaban J connectivity index is 2.39. The molecule has 1 amide bonds. The third-order valence-corrected chi connectivity index (χ3v) is 3.82. The molecule has 2 N–H and O–H groups in total. The topological polar surface area (TPSA) is 66.4 Å². The van der Waals surface area contributed by atoms with Crippen molar-refractivity contribution in [3.05, 3.63) is 21.9 Å². The molecule has 5 heteroatoms. The van der Waals surface area contributed by atoms with Crippen molar-refractivity contribution in [2.24, 2.45) is 5.92 Å². The molecule has 1 unspecified atom stereocenters. The van der Waals surface area contributed by atoms with Crippen LogP contribution >= 0.6 is 11.3 Å². The maximum Gasteiger partial charge on any atom is 0.345 e. The first-order valence-electron chi connectivity index (χ1n) is 6.14. The summed E-state index contributed by atoms with van der Waals surface area (Å²) in [5, 5.41) is 11.6. The maximum absolute atomic E-state index is 11.7. The summed E-state index contributed by atoms with van der Waals surface area (Å²) in [6.45, 7) is 4.43. The quantitative estimate of drug-likeness (QED) is 0.800. The summed E-state index contributed by atoms with van der Waals surface area (Å²) in [6, 6.07) is 3.31. The van der Waals surface area contributed by atoms with Gasteiger partial charge in [0.05, 0.1) is 6.54 Å². The number of rotatable bonds is 7. The highest BCUT2D eigenvalue weighted by molar-refractivity contribution is 7.13. The van der Waals surface area contributed by atoms with Crippen LogP contribution in [-0.2, 0) is 11.3 Å². The summed E-state index contributed by atoms with van der Waals surface area (Å²) in [6.07, 6.45) is 3.04. The first kappa shape index (κ1) is 14.7. The molecule has 0 spiro atoms. The van der Waals surface area contributed by atoms with E-state index in [2.05, 4.69) is 12.2 Å². The number of unbranched alkanes of at least 4 members (excludes halogenated alkanes) is 1. The van der Waals surface area contributed by atoms with Crippen LogP contribution in [0.15, 0.2) is 12.1 Å². The molecule has 1 aromatic heterocycles. The smallest absolute Gasteiger partial charge is 0.345 e. The van der Waals surface area contributed by atoms with E-state index >= 15 is 0 Å². The summed E-state index contributed by atoms with van der Waals surface area (Å²) < 4.78 is 0. The number of carboxylic acids is 1. The van der Waals surface area contributed by atoms with Gasteiger partial charge in [-0.05, 0) is 18.6 Å². The minimum Gasteiger partial charge on any atom is -0.477 e. The van der Waals surface area contributed by atoms with Crippen molar-refractivity contribution >= 4 is 23.2 Å². The average Bonchev–Trinajstić information content (AvgIpc) is 2.81. The highest BCUT2D eigenvalue weighted by atomic mass is 32.1. The van der Waals surface area contributed by atoms with Crippen LogP contribution in [0, 0.1) is 5.92 Å². The molecule has 100 valence electrons. The third kappa shape index (κ3) is 4.49. The van der Waals surface area contributed by atoms with Crippen molar-refractivity contribution in [2.45, 2.75) is 39.7 Å². The molecule has 0 radical (unpaired) electrons. The zero-order valence-corrected chi connectivity index (χ0v) is 11.5. The highest BCUT2D eigenvalue weighted by Crippen LogP contribution is 2.16. The molecule has 0 saturated heterocycles. The van der Waals surface area contributed by atoms with Crippen LogP contribution < -0.4 is 5.32 Å². The Morgan fingerprint density at radius 1 is 1.44 bits per heavy atom. The maximum atomic E-state index is 11.7. The van der Waals surface area contributed by atoms with Gasteiger partial charge in [-0.1, -0.05) is 26.7 Å². The molecule has 0 aliphatic carbocycles. The molecule has 0 bridgehead atoms. The van der Waals surface area contributed by atoms with Crippen LogP contribution in [0.3, 0.4) is 0 Å². The fourth-order valence-corrected chi connectivity index (χ4v) is 2.36. The molecule has 1 atom stereocenters. The summed E-state index contributed by atoms with van der Waals surface area (Å²) in [4.78, 5) is 23.6. The summed E-state index contributed by atoms with van der Waals surface area (Å²) >= 11 is 1.20. The van der Waals surface area contributed by atoms with E-state index in [1.54, 1.807) is 12.1 Å². The largest absolute Gasteiger partial charge is 0.477 e. The molecule has 1 heterocycles. The van der Waals surface area contributed by atoms with Gasteiger partial charge in [0.25, 0.3) is 0 Å². The number of carbonyl (C=O) groups is 2. The van der Waals surface area contributed by atoms with E-state index in [4.69, 9.17) is 5.11 Å². The standard InChI is InChI=1S/C13H19NO3S/c1-3-4-5-9(2)12(15)14-8-10-6-7-11(18-10)13(16)17/h6-7,9H,3-5,8H2,1-2H3,(H,14,15)(H,16,17). The van der Waals surface area contributed by atoms with Gasteiger partial charge in [-0.2, -0.15) is 0 Å². The zero-order chi connectivity index (χ0) is 13.5. The molecule has 1 aromatic rings. The molecule has 4 nitrogen and oxygen atoms in total. The second kappa shape index (κ2) is 7.16. The third-order valence-electron chi connectivity index (χ3n) is 2.75. The van der Waals surface area contributed by atoms with Crippen molar-refractivity contribution in [3.8, 4) is 0 Å². The molecule has 0 aliphatic rings. The zero-order valence-electron chi connectivity index (χ0n) is 10.7. The Kier molecular flexibility index (Phi) is 5.85. The van der Waals surface area contributed by atoms with Gasteiger partial charge in [0, 0.05) is 10.8 Å². The lowest BCUT2D eigenvalue weighted by Crippen LogP contribution is -2.28. The van der Waals surface area contributed by atoms with Crippen molar-refractivity contribution in [1.82, 2.24) is 5.32 Å². The molecular weight excluding hydrogens is 250 g/mol. The van der Waals surface area contributed by atoms with Crippen LogP contribution in [0.1, 0.15) is 47.7 Å². The van der Waals surface area contributed by atoms with Crippen LogP contribution in [-0.4, -0.2) is 17.0 Å². The molecule has 0 aliphatic heterocycles. The summed E-state index contributed by atoms with van der Waals surface area (Å²) in [7, 11) is 0. The highest BCUT2D eigenvalue weighted by Gasteiger charge is 2.12. The van der Waals surface area contributed by atoms with Crippen molar-refractivity contribution in [2.75, 3.05) is 0 Å². The van der Waals surface area contributed by atoms with Crippen LogP contribution in [0.2, 0.25) is 0 Å². The molecular formula is C13H19NO3S. The summed E-state index contributed by atoms with van der Waals surface area (Å²) in [5.41, 5.74) is 0. The Morgan fingerprint density at radius 2 is 2.17 bits per heavy atom. The monoisotopic (exact) mass is 269 g/mol. The Hall–Kier alpha value is -1.36.